The maximum absolute atomic E-state index is 11.1. The van der Waals surface area contributed by atoms with Gasteiger partial charge in [0.15, 0.2) is 0 Å². The first-order valence-corrected chi connectivity index (χ1v) is 9.32. The number of likely N-dealkylation sites (tertiary alicyclic amines) is 1. The minimum Gasteiger partial charge on any atom is -0.490 e. The quantitative estimate of drug-likeness (QED) is 0.892. The molecule has 1 aliphatic carbocycles. The number of rotatable bonds is 5. The Labute approximate surface area is 148 Å². The molecule has 1 saturated heterocycles. The van der Waals surface area contributed by atoms with E-state index < -0.39 is 5.97 Å². The minimum atomic E-state index is -0.648. The molecule has 2 fully saturated rings. The third-order valence-electron chi connectivity index (χ3n) is 5.57. The molecule has 0 radical (unpaired) electrons. The van der Waals surface area contributed by atoms with Crippen molar-refractivity contribution in [3.63, 3.8) is 0 Å². The summed E-state index contributed by atoms with van der Waals surface area (Å²) >= 11 is 0. The summed E-state index contributed by atoms with van der Waals surface area (Å²) in [5.74, 6) is 0.160. The van der Waals surface area contributed by atoms with Crippen LogP contribution in [0.2, 0.25) is 0 Å². The molecule has 4 heteroatoms. The number of benzene rings is 2. The molecule has 1 heterocycles. The number of carboxylic acids is 1. The van der Waals surface area contributed by atoms with Crippen molar-refractivity contribution in [2.75, 3.05) is 13.1 Å². The van der Waals surface area contributed by atoms with Crippen molar-refractivity contribution in [3.05, 3.63) is 42.0 Å². The van der Waals surface area contributed by atoms with Crippen LogP contribution in [0.1, 0.15) is 37.7 Å². The molecule has 4 nitrogen and oxygen atoms in total. The van der Waals surface area contributed by atoms with E-state index in [0.717, 1.165) is 38.2 Å². The fourth-order valence-corrected chi connectivity index (χ4v) is 3.72. The smallest absolute Gasteiger partial charge is 0.306 e. The third-order valence-corrected chi connectivity index (χ3v) is 5.57. The van der Waals surface area contributed by atoms with E-state index in [1.807, 2.05) is 0 Å². The van der Waals surface area contributed by atoms with Crippen molar-refractivity contribution in [1.82, 2.24) is 4.90 Å². The maximum atomic E-state index is 11.1. The van der Waals surface area contributed by atoms with Crippen LogP contribution in [0, 0.1) is 5.92 Å². The Hall–Kier alpha value is -2.07. The summed E-state index contributed by atoms with van der Waals surface area (Å²) in [5, 5.41) is 11.5. The average Bonchev–Trinajstić information content (AvgIpc) is 2.58. The predicted octanol–water partition coefficient (Wildman–Crippen LogP) is 4.07. The van der Waals surface area contributed by atoms with Crippen LogP contribution in [0.15, 0.2) is 36.4 Å². The van der Waals surface area contributed by atoms with Gasteiger partial charge in [-0.1, -0.05) is 18.2 Å². The lowest BCUT2D eigenvalue weighted by Gasteiger charge is -2.30. The second-order valence-electron chi connectivity index (χ2n) is 7.40. The summed E-state index contributed by atoms with van der Waals surface area (Å²) in [4.78, 5) is 13.4. The highest BCUT2D eigenvalue weighted by Crippen LogP contribution is 2.28. The zero-order valence-corrected chi connectivity index (χ0v) is 14.5. The van der Waals surface area contributed by atoms with Gasteiger partial charge in [-0.05, 0) is 79.7 Å². The lowest BCUT2D eigenvalue weighted by molar-refractivity contribution is -0.143. The van der Waals surface area contributed by atoms with Gasteiger partial charge in [0.05, 0.1) is 12.0 Å². The summed E-state index contributed by atoms with van der Waals surface area (Å²) in [6, 6.07) is 12.9. The van der Waals surface area contributed by atoms with Gasteiger partial charge in [-0.2, -0.15) is 0 Å². The van der Waals surface area contributed by atoms with Gasteiger partial charge in [-0.15, -0.1) is 0 Å². The summed E-state index contributed by atoms with van der Waals surface area (Å²) < 4.78 is 5.98. The largest absolute Gasteiger partial charge is 0.490 e. The molecule has 4 rings (SSSR count). The van der Waals surface area contributed by atoms with Crippen molar-refractivity contribution in [3.8, 4) is 5.75 Å². The molecular formula is C21H25NO3. The zero-order chi connectivity index (χ0) is 17.2. The van der Waals surface area contributed by atoms with Crippen LogP contribution >= 0.6 is 0 Å². The molecule has 25 heavy (non-hydrogen) atoms. The molecular weight excluding hydrogens is 314 g/mol. The number of aliphatic carboxylic acids is 1. The number of piperidine rings is 1. The molecule has 0 bridgehead atoms. The molecule has 0 spiro atoms. The first-order valence-electron chi connectivity index (χ1n) is 9.32. The lowest BCUT2D eigenvalue weighted by atomic mass is 9.96. The van der Waals surface area contributed by atoms with Gasteiger partial charge < -0.3 is 9.84 Å². The second kappa shape index (κ2) is 7.04. The summed E-state index contributed by atoms with van der Waals surface area (Å²) in [6.07, 6.45) is 5.55. The van der Waals surface area contributed by atoms with Gasteiger partial charge in [-0.3, -0.25) is 9.69 Å². The van der Waals surface area contributed by atoms with Gasteiger partial charge in [0.1, 0.15) is 5.75 Å². The molecule has 1 aliphatic heterocycles. The van der Waals surface area contributed by atoms with Crippen molar-refractivity contribution in [1.29, 1.82) is 0 Å². The minimum absolute atomic E-state index is 0.165. The van der Waals surface area contributed by atoms with Gasteiger partial charge in [-0.25, -0.2) is 0 Å². The van der Waals surface area contributed by atoms with Crippen molar-refractivity contribution in [2.24, 2.45) is 5.92 Å². The van der Waals surface area contributed by atoms with Gasteiger partial charge in [0.25, 0.3) is 0 Å². The highest BCUT2D eigenvalue weighted by Gasteiger charge is 2.24. The first kappa shape index (κ1) is 16.4. The van der Waals surface area contributed by atoms with Crippen molar-refractivity contribution in [2.45, 2.75) is 44.8 Å². The Balaban J connectivity index is 1.41. The van der Waals surface area contributed by atoms with E-state index in [1.165, 1.54) is 35.6 Å². The molecule has 1 saturated carbocycles. The standard InChI is InChI=1S/C21H25NO3/c23-21(24)16-8-10-22(11-9-16)14-15-4-5-18-13-20(7-6-17(18)12-15)25-19-2-1-3-19/h4-7,12-13,16,19H,1-3,8-11,14H2,(H,23,24). The molecule has 132 valence electrons. The average molecular weight is 339 g/mol. The molecule has 0 unspecified atom stereocenters. The van der Waals surface area contributed by atoms with Crippen molar-refractivity contribution < 1.29 is 14.6 Å². The van der Waals surface area contributed by atoms with E-state index in [-0.39, 0.29) is 5.92 Å². The second-order valence-corrected chi connectivity index (χ2v) is 7.40. The molecule has 0 aromatic heterocycles. The third kappa shape index (κ3) is 3.79. The Kier molecular flexibility index (Phi) is 4.62. The molecule has 2 aromatic rings. The van der Waals surface area contributed by atoms with Crippen LogP contribution in [0.3, 0.4) is 0 Å². The predicted molar refractivity (Wildman–Crippen MR) is 97.9 cm³/mol. The number of nitrogens with zero attached hydrogens (tertiary/aromatic N) is 1. The van der Waals surface area contributed by atoms with Crippen LogP contribution in [-0.4, -0.2) is 35.2 Å². The first-order chi connectivity index (χ1) is 12.2. The number of fused-ring (bicyclic) bond motifs is 1. The number of hydrogen-bond donors (Lipinski definition) is 1. The lowest BCUT2D eigenvalue weighted by Crippen LogP contribution is -2.35. The topological polar surface area (TPSA) is 49.8 Å². The van der Waals surface area contributed by atoms with Gasteiger partial charge in [0, 0.05) is 6.54 Å². The highest BCUT2D eigenvalue weighted by molar-refractivity contribution is 5.84. The van der Waals surface area contributed by atoms with E-state index >= 15 is 0 Å². The van der Waals surface area contributed by atoms with Crippen LogP contribution < -0.4 is 4.74 Å². The number of carboxylic acid groups (broad SMARTS) is 1. The molecule has 2 aliphatic rings. The normalized spacial score (nSPS) is 19.7. The van der Waals surface area contributed by atoms with E-state index in [4.69, 9.17) is 9.84 Å². The molecule has 2 aromatic carbocycles. The van der Waals surface area contributed by atoms with E-state index in [9.17, 15) is 4.79 Å². The van der Waals surface area contributed by atoms with Crippen LogP contribution in [0.25, 0.3) is 10.8 Å². The number of hydrogen-bond acceptors (Lipinski definition) is 3. The summed E-state index contributed by atoms with van der Waals surface area (Å²) in [5.41, 5.74) is 1.29. The monoisotopic (exact) mass is 339 g/mol. The van der Waals surface area contributed by atoms with E-state index in [1.54, 1.807) is 0 Å². The summed E-state index contributed by atoms with van der Waals surface area (Å²) in [7, 11) is 0. The summed E-state index contributed by atoms with van der Waals surface area (Å²) in [6.45, 7) is 2.62. The SMILES string of the molecule is O=C(O)C1CCN(Cc2ccc3cc(OC4CCC4)ccc3c2)CC1. The van der Waals surface area contributed by atoms with Crippen molar-refractivity contribution >= 4 is 16.7 Å². The maximum Gasteiger partial charge on any atom is 0.306 e. The highest BCUT2D eigenvalue weighted by atomic mass is 16.5. The Morgan fingerprint density at radius 2 is 1.76 bits per heavy atom. The van der Waals surface area contributed by atoms with Gasteiger partial charge >= 0.3 is 5.97 Å². The van der Waals surface area contributed by atoms with E-state index in [2.05, 4.69) is 41.3 Å². The van der Waals surface area contributed by atoms with Gasteiger partial charge in [0.2, 0.25) is 0 Å². The van der Waals surface area contributed by atoms with E-state index in [0.29, 0.717) is 6.10 Å². The van der Waals surface area contributed by atoms with Crippen LogP contribution in [-0.2, 0) is 11.3 Å². The fourth-order valence-electron chi connectivity index (χ4n) is 3.72. The zero-order valence-electron chi connectivity index (χ0n) is 14.5. The fraction of sp³-hybridized carbons (Fsp3) is 0.476. The molecule has 1 N–H and O–H groups in total. The molecule has 0 amide bonds. The Morgan fingerprint density at radius 1 is 1.04 bits per heavy atom. The number of ether oxygens (including phenoxy) is 1. The Morgan fingerprint density at radius 3 is 2.44 bits per heavy atom. The van der Waals surface area contributed by atoms with Crippen LogP contribution in [0.4, 0.5) is 0 Å². The van der Waals surface area contributed by atoms with Crippen LogP contribution in [0.5, 0.6) is 5.75 Å². The molecule has 0 atom stereocenters. The Bertz CT molecular complexity index is 761. The number of carbonyl (C=O) groups is 1.